The second kappa shape index (κ2) is 6.73. The van der Waals surface area contributed by atoms with Crippen LogP contribution in [-0.4, -0.2) is 26.9 Å². The van der Waals surface area contributed by atoms with E-state index in [0.29, 0.717) is 17.4 Å². The molecular formula is C14H15N3O3S. The Morgan fingerprint density at radius 3 is 2.95 bits per heavy atom. The molecule has 1 saturated heterocycles. The Morgan fingerprint density at radius 2 is 2.19 bits per heavy atom. The van der Waals surface area contributed by atoms with Gasteiger partial charge in [0.05, 0.1) is 6.20 Å². The first-order valence-electron chi connectivity index (χ1n) is 6.79. The SMILES string of the molecule is O=C(Oc1ccccc1)Sc1cnnn1C1CCCCO1. The van der Waals surface area contributed by atoms with Crippen LogP contribution in [0.3, 0.4) is 0 Å². The average Bonchev–Trinajstić information content (AvgIpc) is 2.97. The van der Waals surface area contributed by atoms with Crippen molar-refractivity contribution >= 4 is 17.1 Å². The predicted octanol–water partition coefficient (Wildman–Crippen LogP) is 3.27. The smallest absolute Gasteiger partial charge is 0.379 e. The molecule has 0 N–H and O–H groups in total. The molecular weight excluding hydrogens is 290 g/mol. The van der Waals surface area contributed by atoms with Crippen LogP contribution < -0.4 is 4.74 Å². The maximum absolute atomic E-state index is 11.9. The molecule has 6 nitrogen and oxygen atoms in total. The monoisotopic (exact) mass is 305 g/mol. The minimum absolute atomic E-state index is 0.145. The molecule has 1 aromatic carbocycles. The van der Waals surface area contributed by atoms with Crippen molar-refractivity contribution in [2.75, 3.05) is 6.61 Å². The lowest BCUT2D eigenvalue weighted by atomic mass is 10.2. The number of hydrogen-bond acceptors (Lipinski definition) is 6. The summed E-state index contributed by atoms with van der Waals surface area (Å²) in [5.74, 6) is 0.517. The largest absolute Gasteiger partial charge is 0.418 e. The lowest BCUT2D eigenvalue weighted by molar-refractivity contribution is -0.0455. The number of ether oxygens (including phenoxy) is 2. The van der Waals surface area contributed by atoms with Crippen molar-refractivity contribution < 1.29 is 14.3 Å². The molecule has 0 spiro atoms. The molecule has 1 aliphatic heterocycles. The van der Waals surface area contributed by atoms with Crippen LogP contribution in [0.25, 0.3) is 0 Å². The fourth-order valence-electron chi connectivity index (χ4n) is 2.11. The molecule has 2 aromatic rings. The highest BCUT2D eigenvalue weighted by Crippen LogP contribution is 2.28. The van der Waals surface area contributed by atoms with Crippen molar-refractivity contribution in [1.82, 2.24) is 15.0 Å². The number of nitrogens with zero attached hydrogens (tertiary/aromatic N) is 3. The number of benzene rings is 1. The van der Waals surface area contributed by atoms with Crippen LogP contribution in [0.15, 0.2) is 41.6 Å². The van der Waals surface area contributed by atoms with Crippen molar-refractivity contribution in [2.24, 2.45) is 0 Å². The van der Waals surface area contributed by atoms with Crippen LogP contribution in [-0.2, 0) is 4.74 Å². The van der Waals surface area contributed by atoms with E-state index in [2.05, 4.69) is 10.3 Å². The van der Waals surface area contributed by atoms with Crippen molar-refractivity contribution in [1.29, 1.82) is 0 Å². The molecule has 2 heterocycles. The Morgan fingerprint density at radius 1 is 1.33 bits per heavy atom. The number of aromatic nitrogens is 3. The van der Waals surface area contributed by atoms with Crippen LogP contribution in [0.1, 0.15) is 25.5 Å². The van der Waals surface area contributed by atoms with Crippen molar-refractivity contribution in [2.45, 2.75) is 30.5 Å². The van der Waals surface area contributed by atoms with Crippen LogP contribution in [0.4, 0.5) is 4.79 Å². The summed E-state index contributed by atoms with van der Waals surface area (Å²) in [6.07, 6.45) is 4.43. The van der Waals surface area contributed by atoms with Gasteiger partial charge in [0.25, 0.3) is 0 Å². The molecule has 1 aromatic heterocycles. The molecule has 1 unspecified atom stereocenters. The number of hydrogen-bond donors (Lipinski definition) is 0. The molecule has 7 heteroatoms. The number of carbonyl (C=O) groups is 1. The summed E-state index contributed by atoms with van der Waals surface area (Å²) in [6, 6.07) is 8.96. The highest BCUT2D eigenvalue weighted by atomic mass is 32.2. The number of para-hydroxylation sites is 1. The number of thioether (sulfide) groups is 1. The first kappa shape index (κ1) is 14.1. The Labute approximate surface area is 126 Å². The zero-order valence-electron chi connectivity index (χ0n) is 11.3. The van der Waals surface area contributed by atoms with E-state index in [1.807, 2.05) is 18.2 Å². The molecule has 0 aliphatic carbocycles. The minimum atomic E-state index is -0.416. The highest BCUT2D eigenvalue weighted by molar-refractivity contribution is 8.13. The van der Waals surface area contributed by atoms with E-state index >= 15 is 0 Å². The topological polar surface area (TPSA) is 66.2 Å². The summed E-state index contributed by atoms with van der Waals surface area (Å²) in [4.78, 5) is 11.9. The third-order valence-electron chi connectivity index (χ3n) is 3.10. The lowest BCUT2D eigenvalue weighted by Gasteiger charge is -2.23. The molecule has 0 radical (unpaired) electrons. The summed E-state index contributed by atoms with van der Waals surface area (Å²) in [5.41, 5.74) is 0. The first-order valence-corrected chi connectivity index (χ1v) is 7.61. The van der Waals surface area contributed by atoms with Gasteiger partial charge in [-0.1, -0.05) is 23.4 Å². The zero-order chi connectivity index (χ0) is 14.5. The van der Waals surface area contributed by atoms with Gasteiger partial charge in [-0.2, -0.15) is 0 Å². The van der Waals surface area contributed by atoms with E-state index in [1.165, 1.54) is 0 Å². The summed E-state index contributed by atoms with van der Waals surface area (Å²) < 4.78 is 12.6. The lowest BCUT2D eigenvalue weighted by Crippen LogP contribution is -2.20. The second-order valence-corrected chi connectivity index (χ2v) is 5.56. The summed E-state index contributed by atoms with van der Waals surface area (Å²) >= 11 is 0.962. The number of rotatable bonds is 3. The number of carbonyl (C=O) groups excluding carboxylic acids is 1. The second-order valence-electron chi connectivity index (χ2n) is 4.61. The average molecular weight is 305 g/mol. The van der Waals surface area contributed by atoms with Gasteiger partial charge in [0.2, 0.25) is 0 Å². The predicted molar refractivity (Wildman–Crippen MR) is 77.2 cm³/mol. The molecule has 0 bridgehead atoms. The zero-order valence-corrected chi connectivity index (χ0v) is 12.2. The van der Waals surface area contributed by atoms with Crippen molar-refractivity contribution in [3.05, 3.63) is 36.5 Å². The van der Waals surface area contributed by atoms with Crippen LogP contribution in [0.5, 0.6) is 5.75 Å². The van der Waals surface area contributed by atoms with Gasteiger partial charge in [-0.05, 0) is 31.4 Å². The van der Waals surface area contributed by atoms with Gasteiger partial charge in [-0.3, -0.25) is 0 Å². The molecule has 21 heavy (non-hydrogen) atoms. The van der Waals surface area contributed by atoms with Crippen LogP contribution >= 0.6 is 11.8 Å². The normalized spacial score (nSPS) is 18.4. The fourth-order valence-corrected chi connectivity index (χ4v) is 2.77. The van der Waals surface area contributed by atoms with E-state index in [1.54, 1.807) is 23.0 Å². The van der Waals surface area contributed by atoms with Gasteiger partial charge in [0.1, 0.15) is 10.8 Å². The molecule has 1 fully saturated rings. The molecule has 3 rings (SSSR count). The van der Waals surface area contributed by atoms with E-state index in [0.717, 1.165) is 31.0 Å². The van der Waals surface area contributed by atoms with Gasteiger partial charge in [0, 0.05) is 18.4 Å². The molecule has 1 aliphatic rings. The maximum atomic E-state index is 11.9. The van der Waals surface area contributed by atoms with Gasteiger partial charge < -0.3 is 9.47 Å². The third-order valence-corrected chi connectivity index (χ3v) is 3.85. The molecule has 0 saturated carbocycles. The van der Waals surface area contributed by atoms with E-state index in [4.69, 9.17) is 9.47 Å². The maximum Gasteiger partial charge on any atom is 0.379 e. The van der Waals surface area contributed by atoms with Gasteiger partial charge in [-0.25, -0.2) is 9.48 Å². The van der Waals surface area contributed by atoms with E-state index in [-0.39, 0.29) is 6.23 Å². The van der Waals surface area contributed by atoms with Gasteiger partial charge >= 0.3 is 5.30 Å². The van der Waals surface area contributed by atoms with Crippen LogP contribution in [0, 0.1) is 0 Å². The first-order chi connectivity index (χ1) is 10.3. The van der Waals surface area contributed by atoms with Crippen LogP contribution in [0.2, 0.25) is 0 Å². The van der Waals surface area contributed by atoms with Crippen molar-refractivity contribution in [3.8, 4) is 5.75 Å². The third kappa shape index (κ3) is 3.62. The summed E-state index contributed by atoms with van der Waals surface area (Å²) in [5, 5.41) is 8.09. The van der Waals surface area contributed by atoms with Gasteiger partial charge in [0.15, 0.2) is 6.23 Å². The van der Waals surface area contributed by atoms with E-state index < -0.39 is 5.30 Å². The van der Waals surface area contributed by atoms with E-state index in [9.17, 15) is 4.79 Å². The quantitative estimate of drug-likeness (QED) is 0.640. The molecule has 110 valence electrons. The van der Waals surface area contributed by atoms with Gasteiger partial charge in [-0.15, -0.1) is 5.10 Å². The standard InChI is InChI=1S/C14H15N3O3S/c18-14(20-11-6-2-1-3-7-11)21-13-10-15-16-17(13)12-8-4-5-9-19-12/h1-3,6-7,10,12H,4-5,8-9H2. The Balaban J connectivity index is 1.65. The minimum Gasteiger partial charge on any atom is -0.418 e. The fraction of sp³-hybridized carbons (Fsp3) is 0.357. The van der Waals surface area contributed by atoms with Crippen molar-refractivity contribution in [3.63, 3.8) is 0 Å². The summed E-state index contributed by atoms with van der Waals surface area (Å²) in [6.45, 7) is 0.711. The molecule has 0 amide bonds. The molecule has 1 atom stereocenters. The Hall–Kier alpha value is -1.86. The Bertz CT molecular complexity index is 597. The Kier molecular flexibility index (Phi) is 4.52. The highest BCUT2D eigenvalue weighted by Gasteiger charge is 2.21. The summed E-state index contributed by atoms with van der Waals surface area (Å²) in [7, 11) is 0.